The fraction of sp³-hybridized carbons (Fsp3) is 0.600. The number of benzene rings is 1. The van der Waals surface area contributed by atoms with Crippen molar-refractivity contribution in [1.82, 2.24) is 5.43 Å². The molecule has 1 fully saturated rings. The van der Waals surface area contributed by atoms with Crippen LogP contribution in [0.2, 0.25) is 0 Å². The third-order valence-electron chi connectivity index (χ3n) is 3.92. The van der Waals surface area contributed by atoms with E-state index in [2.05, 4.69) is 57.4 Å². The van der Waals surface area contributed by atoms with E-state index in [1.54, 1.807) is 0 Å². The van der Waals surface area contributed by atoms with Crippen LogP contribution in [0.3, 0.4) is 0 Å². The molecule has 1 aliphatic rings. The SMILES string of the molecule is CC1CC1C(NN)c1ccc(C(C)(C)C)cc1. The van der Waals surface area contributed by atoms with Crippen molar-refractivity contribution >= 4 is 0 Å². The highest BCUT2D eigenvalue weighted by atomic mass is 15.2. The Morgan fingerprint density at radius 2 is 1.76 bits per heavy atom. The molecule has 3 atom stereocenters. The Labute approximate surface area is 105 Å². The maximum atomic E-state index is 5.68. The number of nitrogens with two attached hydrogens (primary N) is 1. The molecule has 17 heavy (non-hydrogen) atoms. The Bertz CT molecular complexity index is 375. The summed E-state index contributed by atoms with van der Waals surface area (Å²) >= 11 is 0. The summed E-state index contributed by atoms with van der Waals surface area (Å²) < 4.78 is 0. The van der Waals surface area contributed by atoms with Crippen molar-refractivity contribution in [3.8, 4) is 0 Å². The van der Waals surface area contributed by atoms with Crippen molar-refractivity contribution in [3.63, 3.8) is 0 Å². The van der Waals surface area contributed by atoms with Gasteiger partial charge in [0.2, 0.25) is 0 Å². The first-order chi connectivity index (χ1) is 7.93. The lowest BCUT2D eigenvalue weighted by Crippen LogP contribution is -2.30. The molecule has 2 nitrogen and oxygen atoms in total. The van der Waals surface area contributed by atoms with E-state index in [0.717, 1.165) is 5.92 Å². The maximum absolute atomic E-state index is 5.68. The molecule has 1 aromatic rings. The van der Waals surface area contributed by atoms with E-state index in [4.69, 9.17) is 5.84 Å². The number of hydrogen-bond acceptors (Lipinski definition) is 2. The zero-order chi connectivity index (χ0) is 12.6. The van der Waals surface area contributed by atoms with E-state index in [9.17, 15) is 0 Å². The average molecular weight is 232 g/mol. The van der Waals surface area contributed by atoms with Gasteiger partial charge in [0.05, 0.1) is 0 Å². The van der Waals surface area contributed by atoms with Crippen molar-refractivity contribution in [3.05, 3.63) is 35.4 Å². The molecule has 0 bridgehead atoms. The van der Waals surface area contributed by atoms with E-state index in [1.165, 1.54) is 17.5 Å². The van der Waals surface area contributed by atoms with Crippen LogP contribution in [0.25, 0.3) is 0 Å². The molecular weight excluding hydrogens is 208 g/mol. The molecule has 1 aliphatic carbocycles. The minimum Gasteiger partial charge on any atom is -0.271 e. The molecule has 0 spiro atoms. The van der Waals surface area contributed by atoms with Crippen LogP contribution in [0.1, 0.15) is 51.3 Å². The van der Waals surface area contributed by atoms with Crippen LogP contribution in [0.5, 0.6) is 0 Å². The highest BCUT2D eigenvalue weighted by Crippen LogP contribution is 2.46. The molecular formula is C15H24N2. The van der Waals surface area contributed by atoms with Gasteiger partial charge in [-0.2, -0.15) is 0 Å². The first-order valence-electron chi connectivity index (χ1n) is 6.50. The molecule has 0 amide bonds. The van der Waals surface area contributed by atoms with Crippen LogP contribution in [-0.2, 0) is 5.41 Å². The molecule has 2 heteroatoms. The van der Waals surface area contributed by atoms with Crippen molar-refractivity contribution < 1.29 is 0 Å². The summed E-state index contributed by atoms with van der Waals surface area (Å²) in [5.41, 5.74) is 5.88. The second kappa shape index (κ2) is 4.43. The van der Waals surface area contributed by atoms with Crippen LogP contribution in [0.15, 0.2) is 24.3 Å². The lowest BCUT2D eigenvalue weighted by atomic mass is 9.86. The van der Waals surface area contributed by atoms with Crippen LogP contribution in [0.4, 0.5) is 0 Å². The first-order valence-corrected chi connectivity index (χ1v) is 6.50. The Morgan fingerprint density at radius 1 is 1.24 bits per heavy atom. The molecule has 0 heterocycles. The second-order valence-corrected chi connectivity index (χ2v) is 6.39. The lowest BCUT2D eigenvalue weighted by Gasteiger charge is -2.21. The van der Waals surface area contributed by atoms with Crippen LogP contribution in [0, 0.1) is 11.8 Å². The fourth-order valence-corrected chi connectivity index (χ4v) is 2.47. The van der Waals surface area contributed by atoms with Gasteiger partial charge in [-0.1, -0.05) is 52.0 Å². The van der Waals surface area contributed by atoms with Crippen LogP contribution in [-0.4, -0.2) is 0 Å². The number of hydrogen-bond donors (Lipinski definition) is 2. The third kappa shape index (κ3) is 2.70. The molecule has 94 valence electrons. The topological polar surface area (TPSA) is 38.0 Å². The second-order valence-electron chi connectivity index (χ2n) is 6.39. The minimum absolute atomic E-state index is 0.219. The normalized spacial score (nSPS) is 25.7. The van der Waals surface area contributed by atoms with Gasteiger partial charge in [0.15, 0.2) is 0 Å². The van der Waals surface area contributed by atoms with Gasteiger partial charge < -0.3 is 0 Å². The standard InChI is InChI=1S/C15H24N2/c1-10-9-13(10)14(17-16)11-5-7-12(8-6-11)15(2,3)4/h5-8,10,13-14,17H,9,16H2,1-4H3. The zero-order valence-corrected chi connectivity index (χ0v) is 11.3. The molecule has 0 saturated heterocycles. The maximum Gasteiger partial charge on any atom is 0.0490 e. The molecule has 0 radical (unpaired) electrons. The van der Waals surface area contributed by atoms with Crippen molar-refractivity contribution in [2.75, 3.05) is 0 Å². The van der Waals surface area contributed by atoms with E-state index >= 15 is 0 Å². The smallest absolute Gasteiger partial charge is 0.0490 e. The molecule has 1 aromatic carbocycles. The Balaban J connectivity index is 2.17. The highest BCUT2D eigenvalue weighted by Gasteiger charge is 2.39. The largest absolute Gasteiger partial charge is 0.271 e. The quantitative estimate of drug-likeness (QED) is 0.620. The van der Waals surface area contributed by atoms with E-state index in [-0.39, 0.29) is 5.41 Å². The van der Waals surface area contributed by atoms with Gasteiger partial charge in [-0.05, 0) is 34.8 Å². The summed E-state index contributed by atoms with van der Waals surface area (Å²) in [5, 5.41) is 0. The van der Waals surface area contributed by atoms with Gasteiger partial charge in [0.25, 0.3) is 0 Å². The predicted molar refractivity (Wildman–Crippen MR) is 72.5 cm³/mol. The number of hydrazine groups is 1. The summed E-state index contributed by atoms with van der Waals surface area (Å²) in [5.74, 6) is 7.19. The lowest BCUT2D eigenvalue weighted by molar-refractivity contribution is 0.475. The first kappa shape index (κ1) is 12.6. The third-order valence-corrected chi connectivity index (χ3v) is 3.92. The van der Waals surface area contributed by atoms with Gasteiger partial charge >= 0.3 is 0 Å². The fourth-order valence-electron chi connectivity index (χ4n) is 2.47. The summed E-state index contributed by atoms with van der Waals surface area (Å²) in [7, 11) is 0. The Kier molecular flexibility index (Phi) is 3.28. The van der Waals surface area contributed by atoms with Gasteiger partial charge in [-0.15, -0.1) is 0 Å². The van der Waals surface area contributed by atoms with Crippen molar-refractivity contribution in [2.45, 2.75) is 45.6 Å². The highest BCUT2D eigenvalue weighted by molar-refractivity contribution is 5.30. The summed E-state index contributed by atoms with van der Waals surface area (Å²) in [6.45, 7) is 9.01. The van der Waals surface area contributed by atoms with Gasteiger partial charge in [-0.3, -0.25) is 11.3 Å². The van der Waals surface area contributed by atoms with Crippen LogP contribution < -0.4 is 11.3 Å². The monoisotopic (exact) mass is 232 g/mol. The van der Waals surface area contributed by atoms with E-state index in [1.807, 2.05) is 0 Å². The van der Waals surface area contributed by atoms with E-state index in [0.29, 0.717) is 12.0 Å². The van der Waals surface area contributed by atoms with Crippen molar-refractivity contribution in [1.29, 1.82) is 0 Å². The molecule has 2 rings (SSSR count). The van der Waals surface area contributed by atoms with E-state index < -0.39 is 0 Å². The molecule has 3 N–H and O–H groups in total. The predicted octanol–water partition coefficient (Wildman–Crippen LogP) is 3.14. The van der Waals surface area contributed by atoms with Gasteiger partial charge in [0, 0.05) is 6.04 Å². The van der Waals surface area contributed by atoms with Gasteiger partial charge in [0.1, 0.15) is 0 Å². The summed E-state index contributed by atoms with van der Waals surface area (Å²) in [6.07, 6.45) is 1.29. The van der Waals surface area contributed by atoms with Gasteiger partial charge in [-0.25, -0.2) is 0 Å². The summed E-state index contributed by atoms with van der Waals surface area (Å²) in [4.78, 5) is 0. The Morgan fingerprint density at radius 3 is 2.12 bits per heavy atom. The summed E-state index contributed by atoms with van der Waals surface area (Å²) in [6, 6.07) is 9.21. The van der Waals surface area contributed by atoms with Crippen LogP contribution >= 0.6 is 0 Å². The molecule has 0 aromatic heterocycles. The zero-order valence-electron chi connectivity index (χ0n) is 11.3. The number of rotatable bonds is 3. The molecule has 3 unspecified atom stereocenters. The minimum atomic E-state index is 0.219. The molecule has 1 saturated carbocycles. The molecule has 0 aliphatic heterocycles. The Hall–Kier alpha value is -0.860. The van der Waals surface area contributed by atoms with Crippen molar-refractivity contribution in [2.24, 2.45) is 17.7 Å². The average Bonchev–Trinajstić information content (AvgIpc) is 2.96. The number of nitrogens with one attached hydrogen (secondary N) is 1.